The van der Waals surface area contributed by atoms with E-state index in [1.54, 1.807) is 30.5 Å². The number of benzene rings is 1. The van der Waals surface area contributed by atoms with Gasteiger partial charge >= 0.3 is 12.0 Å². The summed E-state index contributed by atoms with van der Waals surface area (Å²) in [6, 6.07) is 10.2. The van der Waals surface area contributed by atoms with Gasteiger partial charge in [0.25, 0.3) is 0 Å². The molecule has 3 rings (SSSR count). The number of hydrogen-bond acceptors (Lipinski definition) is 5. The molecule has 1 unspecified atom stereocenters. The molecule has 0 radical (unpaired) electrons. The molecule has 1 fully saturated rings. The lowest BCUT2D eigenvalue weighted by Crippen LogP contribution is -2.38. The standard InChI is InChI=1S/C22H29N3O4/c1-2-3-14-29-21(26)17-8-10-18(11-9-17)24-22(27)23-16-19(20-7-6-15-28-20)25-12-4-5-13-25/h6-11,15,19H,2-5,12-14,16H2,1H3,(H2,23,24,27). The van der Waals surface area contributed by atoms with Crippen LogP contribution >= 0.6 is 0 Å². The lowest BCUT2D eigenvalue weighted by Gasteiger charge is -2.26. The van der Waals surface area contributed by atoms with Crippen LogP contribution in [0.15, 0.2) is 47.1 Å². The molecule has 0 aliphatic carbocycles. The molecule has 7 nitrogen and oxygen atoms in total. The summed E-state index contributed by atoms with van der Waals surface area (Å²) in [5.74, 6) is 0.513. The van der Waals surface area contributed by atoms with Gasteiger partial charge in [0.05, 0.1) is 24.5 Å². The molecular weight excluding hydrogens is 370 g/mol. The first-order chi connectivity index (χ1) is 14.2. The van der Waals surface area contributed by atoms with E-state index in [0.717, 1.165) is 44.5 Å². The molecule has 156 valence electrons. The van der Waals surface area contributed by atoms with Crippen LogP contribution in [0.3, 0.4) is 0 Å². The smallest absolute Gasteiger partial charge is 0.338 e. The van der Waals surface area contributed by atoms with E-state index in [2.05, 4.69) is 15.5 Å². The van der Waals surface area contributed by atoms with Crippen molar-refractivity contribution in [3.8, 4) is 0 Å². The maximum absolute atomic E-state index is 12.3. The summed E-state index contributed by atoms with van der Waals surface area (Å²) >= 11 is 0. The Bertz CT molecular complexity index is 768. The number of likely N-dealkylation sites (tertiary alicyclic amines) is 1. The lowest BCUT2D eigenvalue weighted by molar-refractivity contribution is 0.0500. The fourth-order valence-corrected chi connectivity index (χ4v) is 3.39. The van der Waals surface area contributed by atoms with E-state index >= 15 is 0 Å². The Labute approximate surface area is 171 Å². The minimum absolute atomic E-state index is 0.0264. The van der Waals surface area contributed by atoms with Crippen LogP contribution in [0.2, 0.25) is 0 Å². The predicted octanol–water partition coefficient (Wildman–Crippen LogP) is 4.20. The van der Waals surface area contributed by atoms with Crippen molar-refractivity contribution < 1.29 is 18.7 Å². The number of nitrogens with zero attached hydrogens (tertiary/aromatic N) is 1. The Hall–Kier alpha value is -2.80. The van der Waals surface area contributed by atoms with Crippen LogP contribution in [-0.4, -0.2) is 43.1 Å². The minimum atomic E-state index is -0.346. The number of amides is 2. The number of ether oxygens (including phenoxy) is 1. The highest BCUT2D eigenvalue weighted by Crippen LogP contribution is 2.24. The maximum Gasteiger partial charge on any atom is 0.338 e. The summed E-state index contributed by atoms with van der Waals surface area (Å²) in [6.45, 7) is 4.93. The molecule has 0 spiro atoms. The molecule has 1 aliphatic rings. The molecule has 1 atom stereocenters. The number of anilines is 1. The summed E-state index contributed by atoms with van der Waals surface area (Å²) in [6.07, 6.45) is 5.81. The third-order valence-electron chi connectivity index (χ3n) is 5.02. The number of hydrogen-bond donors (Lipinski definition) is 2. The number of carbonyl (C=O) groups is 2. The minimum Gasteiger partial charge on any atom is -0.468 e. The van der Waals surface area contributed by atoms with Crippen molar-refractivity contribution in [2.45, 2.75) is 38.6 Å². The van der Waals surface area contributed by atoms with Crippen LogP contribution in [-0.2, 0) is 4.74 Å². The monoisotopic (exact) mass is 399 g/mol. The first-order valence-electron chi connectivity index (χ1n) is 10.3. The van der Waals surface area contributed by atoms with Crippen LogP contribution < -0.4 is 10.6 Å². The van der Waals surface area contributed by atoms with Crippen LogP contribution in [0.4, 0.5) is 10.5 Å². The number of nitrogens with one attached hydrogen (secondary N) is 2. The second-order valence-electron chi connectivity index (χ2n) is 7.18. The molecule has 2 N–H and O–H groups in total. The SMILES string of the molecule is CCCCOC(=O)c1ccc(NC(=O)NCC(c2ccco2)N2CCCC2)cc1. The average molecular weight is 399 g/mol. The van der Waals surface area contributed by atoms with Gasteiger partial charge in [0.1, 0.15) is 5.76 Å². The summed E-state index contributed by atoms with van der Waals surface area (Å²) in [5.41, 5.74) is 1.09. The van der Waals surface area contributed by atoms with Crippen LogP contribution in [0.5, 0.6) is 0 Å². The fourth-order valence-electron chi connectivity index (χ4n) is 3.39. The first kappa shape index (κ1) is 20.9. The molecule has 7 heteroatoms. The Morgan fingerprint density at radius 2 is 1.93 bits per heavy atom. The second kappa shape index (κ2) is 10.7. The van der Waals surface area contributed by atoms with E-state index in [4.69, 9.17) is 9.15 Å². The molecule has 1 aromatic heterocycles. The van der Waals surface area contributed by atoms with Gasteiger partial charge in [0.15, 0.2) is 0 Å². The van der Waals surface area contributed by atoms with Crippen molar-refractivity contribution in [2.24, 2.45) is 0 Å². The van der Waals surface area contributed by atoms with Crippen molar-refractivity contribution >= 4 is 17.7 Å². The topological polar surface area (TPSA) is 83.8 Å². The largest absolute Gasteiger partial charge is 0.468 e. The normalized spacial score (nSPS) is 15.1. The third-order valence-corrected chi connectivity index (χ3v) is 5.02. The van der Waals surface area contributed by atoms with Gasteiger partial charge in [-0.15, -0.1) is 0 Å². The molecule has 2 aromatic rings. The molecule has 2 amide bonds. The summed E-state index contributed by atoms with van der Waals surface area (Å²) in [7, 11) is 0. The van der Waals surface area contributed by atoms with E-state index in [0.29, 0.717) is 24.4 Å². The quantitative estimate of drug-likeness (QED) is 0.488. The zero-order valence-electron chi connectivity index (χ0n) is 16.9. The Kier molecular flexibility index (Phi) is 7.69. The van der Waals surface area contributed by atoms with Crippen molar-refractivity contribution in [1.82, 2.24) is 10.2 Å². The van der Waals surface area contributed by atoms with Gasteiger partial charge in [0.2, 0.25) is 0 Å². The Morgan fingerprint density at radius 3 is 2.59 bits per heavy atom. The summed E-state index contributed by atoms with van der Waals surface area (Å²) in [4.78, 5) is 26.6. The van der Waals surface area contributed by atoms with Crippen molar-refractivity contribution in [2.75, 3.05) is 31.6 Å². The molecule has 1 aliphatic heterocycles. The van der Waals surface area contributed by atoms with Crippen LogP contribution in [0, 0.1) is 0 Å². The van der Waals surface area contributed by atoms with E-state index in [1.165, 1.54) is 0 Å². The average Bonchev–Trinajstić information content (AvgIpc) is 3.44. The molecule has 1 saturated heterocycles. The Balaban J connectivity index is 1.50. The van der Waals surface area contributed by atoms with E-state index in [1.807, 2.05) is 19.1 Å². The van der Waals surface area contributed by atoms with Crippen LogP contribution in [0.25, 0.3) is 0 Å². The maximum atomic E-state index is 12.3. The predicted molar refractivity (Wildman–Crippen MR) is 111 cm³/mol. The Morgan fingerprint density at radius 1 is 1.17 bits per heavy atom. The zero-order chi connectivity index (χ0) is 20.5. The number of unbranched alkanes of at least 4 members (excludes halogenated alkanes) is 1. The highest BCUT2D eigenvalue weighted by atomic mass is 16.5. The second-order valence-corrected chi connectivity index (χ2v) is 7.18. The van der Waals surface area contributed by atoms with E-state index in [9.17, 15) is 9.59 Å². The number of furan rings is 1. The highest BCUT2D eigenvalue weighted by Gasteiger charge is 2.25. The summed E-state index contributed by atoms with van der Waals surface area (Å²) < 4.78 is 10.8. The highest BCUT2D eigenvalue weighted by molar-refractivity contribution is 5.92. The summed E-state index contributed by atoms with van der Waals surface area (Å²) in [5, 5.41) is 5.73. The molecule has 1 aromatic carbocycles. The molecular formula is C22H29N3O4. The lowest BCUT2D eigenvalue weighted by atomic mass is 10.2. The molecule has 2 heterocycles. The molecule has 29 heavy (non-hydrogen) atoms. The first-order valence-corrected chi connectivity index (χ1v) is 10.3. The molecule has 0 bridgehead atoms. The number of rotatable bonds is 9. The van der Waals surface area contributed by atoms with Gasteiger partial charge in [-0.05, 0) is 68.8 Å². The fraction of sp³-hybridized carbons (Fsp3) is 0.455. The van der Waals surface area contributed by atoms with Crippen molar-refractivity contribution in [3.05, 3.63) is 54.0 Å². The van der Waals surface area contributed by atoms with E-state index < -0.39 is 0 Å². The van der Waals surface area contributed by atoms with Gasteiger partial charge in [-0.3, -0.25) is 4.90 Å². The van der Waals surface area contributed by atoms with Crippen molar-refractivity contribution in [3.63, 3.8) is 0 Å². The number of carbonyl (C=O) groups excluding carboxylic acids is 2. The van der Waals surface area contributed by atoms with Gasteiger partial charge in [-0.1, -0.05) is 13.3 Å². The third kappa shape index (κ3) is 6.09. The van der Waals surface area contributed by atoms with Gasteiger partial charge < -0.3 is 19.8 Å². The zero-order valence-corrected chi connectivity index (χ0v) is 16.9. The number of urea groups is 1. The molecule has 0 saturated carbocycles. The van der Waals surface area contributed by atoms with Crippen LogP contribution in [0.1, 0.15) is 54.8 Å². The number of esters is 1. The van der Waals surface area contributed by atoms with Crippen molar-refractivity contribution in [1.29, 1.82) is 0 Å². The van der Waals surface area contributed by atoms with Gasteiger partial charge in [-0.25, -0.2) is 9.59 Å². The van der Waals surface area contributed by atoms with Gasteiger partial charge in [-0.2, -0.15) is 0 Å². The van der Waals surface area contributed by atoms with Gasteiger partial charge in [0, 0.05) is 12.2 Å². The van der Waals surface area contributed by atoms with E-state index in [-0.39, 0.29) is 18.0 Å².